The van der Waals surface area contributed by atoms with Crippen molar-refractivity contribution in [2.75, 3.05) is 0 Å². The zero-order valence-corrected chi connectivity index (χ0v) is 11.0. The first-order valence-electron chi connectivity index (χ1n) is 6.31. The third kappa shape index (κ3) is 2.49. The Labute approximate surface area is 110 Å². The van der Waals surface area contributed by atoms with Crippen molar-refractivity contribution < 1.29 is 23.0 Å². The molecule has 1 aliphatic rings. The highest BCUT2D eigenvalue weighted by atomic mass is 19.1. The van der Waals surface area contributed by atoms with E-state index in [1.165, 1.54) is 0 Å². The van der Waals surface area contributed by atoms with Crippen molar-refractivity contribution in [2.45, 2.75) is 39.1 Å². The molecule has 0 amide bonds. The lowest BCUT2D eigenvalue weighted by molar-refractivity contribution is 0.0208. The van der Waals surface area contributed by atoms with Crippen molar-refractivity contribution in [3.8, 4) is 0 Å². The maximum Gasteiger partial charge on any atom is 0.134 e. The second-order valence-electron chi connectivity index (χ2n) is 5.21. The van der Waals surface area contributed by atoms with Crippen LogP contribution in [0.25, 0.3) is 0 Å². The first-order valence-corrected chi connectivity index (χ1v) is 6.31. The summed E-state index contributed by atoms with van der Waals surface area (Å²) >= 11 is 0. The molecule has 5 heteroatoms. The number of hydrogen-bond donors (Lipinski definition) is 1. The van der Waals surface area contributed by atoms with Crippen molar-refractivity contribution in [1.29, 1.82) is 0 Å². The Morgan fingerprint density at radius 1 is 1.05 bits per heavy atom. The van der Waals surface area contributed by atoms with E-state index in [2.05, 4.69) is 0 Å². The highest BCUT2D eigenvalue weighted by molar-refractivity contribution is 5.24. The van der Waals surface area contributed by atoms with Crippen LogP contribution in [0.1, 0.15) is 32.4 Å². The topological polar surface area (TPSA) is 29.5 Å². The SMILES string of the molecule is CC1OC(C)C(C(O)c2c(F)cc(F)cc2F)C1C. The highest BCUT2D eigenvalue weighted by Crippen LogP contribution is 2.41. The summed E-state index contributed by atoms with van der Waals surface area (Å²) in [7, 11) is 0. The summed E-state index contributed by atoms with van der Waals surface area (Å²) in [6, 6.07) is 1.16. The molecule has 1 aromatic rings. The molecule has 1 saturated heterocycles. The second-order valence-corrected chi connectivity index (χ2v) is 5.21. The van der Waals surface area contributed by atoms with E-state index in [1.807, 2.05) is 13.8 Å². The van der Waals surface area contributed by atoms with Crippen LogP contribution in [-0.4, -0.2) is 17.3 Å². The van der Waals surface area contributed by atoms with Crippen LogP contribution in [-0.2, 0) is 4.74 Å². The van der Waals surface area contributed by atoms with Crippen LogP contribution in [0.15, 0.2) is 12.1 Å². The van der Waals surface area contributed by atoms with E-state index in [4.69, 9.17) is 4.74 Å². The summed E-state index contributed by atoms with van der Waals surface area (Å²) in [5, 5.41) is 10.2. The Morgan fingerprint density at radius 3 is 2.00 bits per heavy atom. The molecule has 0 bridgehead atoms. The Kier molecular flexibility index (Phi) is 3.87. The fraction of sp³-hybridized carbons (Fsp3) is 0.571. The molecule has 106 valence electrons. The van der Waals surface area contributed by atoms with Crippen molar-refractivity contribution in [1.82, 2.24) is 0 Å². The monoisotopic (exact) mass is 274 g/mol. The predicted octanol–water partition coefficient (Wildman–Crippen LogP) is 3.20. The average Bonchev–Trinajstić information content (AvgIpc) is 2.51. The minimum Gasteiger partial charge on any atom is -0.388 e. The van der Waals surface area contributed by atoms with Gasteiger partial charge in [0, 0.05) is 18.1 Å². The van der Waals surface area contributed by atoms with E-state index in [9.17, 15) is 18.3 Å². The maximum atomic E-state index is 13.7. The molecule has 0 radical (unpaired) electrons. The lowest BCUT2D eigenvalue weighted by Crippen LogP contribution is -2.26. The van der Waals surface area contributed by atoms with Gasteiger partial charge in [0.2, 0.25) is 0 Å². The molecule has 0 saturated carbocycles. The molecular formula is C14H17F3O2. The van der Waals surface area contributed by atoms with Gasteiger partial charge in [0.25, 0.3) is 0 Å². The van der Waals surface area contributed by atoms with Crippen molar-refractivity contribution in [2.24, 2.45) is 11.8 Å². The van der Waals surface area contributed by atoms with E-state index in [0.29, 0.717) is 12.1 Å². The fourth-order valence-corrected chi connectivity index (χ4v) is 2.87. The van der Waals surface area contributed by atoms with Gasteiger partial charge in [-0.15, -0.1) is 0 Å². The fourth-order valence-electron chi connectivity index (χ4n) is 2.87. The Morgan fingerprint density at radius 2 is 1.58 bits per heavy atom. The maximum absolute atomic E-state index is 13.7. The molecule has 0 aromatic heterocycles. The number of rotatable bonds is 2. The molecule has 1 heterocycles. The van der Waals surface area contributed by atoms with Gasteiger partial charge in [0.05, 0.1) is 23.9 Å². The molecule has 5 unspecified atom stereocenters. The molecule has 2 rings (SSSR count). The Balaban J connectivity index is 2.37. The minimum absolute atomic E-state index is 0.0474. The number of aliphatic hydroxyl groups excluding tert-OH is 1. The standard InChI is InChI=1S/C14H17F3O2/c1-6-7(2)19-8(3)12(6)14(18)13-10(16)4-9(15)5-11(13)17/h4-8,12,14,18H,1-3H3. The summed E-state index contributed by atoms with van der Waals surface area (Å²) in [6.07, 6.45) is -1.76. The van der Waals surface area contributed by atoms with Crippen LogP contribution in [0.3, 0.4) is 0 Å². The summed E-state index contributed by atoms with van der Waals surface area (Å²) in [4.78, 5) is 0. The van der Waals surface area contributed by atoms with Gasteiger partial charge < -0.3 is 9.84 Å². The molecule has 19 heavy (non-hydrogen) atoms. The lowest BCUT2D eigenvalue weighted by atomic mass is 9.82. The summed E-state index contributed by atoms with van der Waals surface area (Å²) in [5.41, 5.74) is -0.484. The predicted molar refractivity (Wildman–Crippen MR) is 63.9 cm³/mol. The van der Waals surface area contributed by atoms with Gasteiger partial charge in [-0.25, -0.2) is 13.2 Å². The molecular weight excluding hydrogens is 257 g/mol. The van der Waals surface area contributed by atoms with Gasteiger partial charge in [-0.2, -0.15) is 0 Å². The van der Waals surface area contributed by atoms with E-state index in [0.717, 1.165) is 0 Å². The number of hydrogen-bond acceptors (Lipinski definition) is 2. The van der Waals surface area contributed by atoms with Gasteiger partial charge in [0.1, 0.15) is 17.5 Å². The molecule has 1 aliphatic heterocycles. The number of aliphatic hydroxyl groups is 1. The van der Waals surface area contributed by atoms with Crippen molar-refractivity contribution in [3.63, 3.8) is 0 Å². The largest absolute Gasteiger partial charge is 0.388 e. The minimum atomic E-state index is -1.35. The molecule has 1 fully saturated rings. The Hall–Kier alpha value is -1.07. The van der Waals surface area contributed by atoms with Crippen LogP contribution < -0.4 is 0 Å². The number of ether oxygens (including phenoxy) is 1. The van der Waals surface area contributed by atoms with Gasteiger partial charge in [-0.1, -0.05) is 6.92 Å². The first kappa shape index (κ1) is 14.3. The van der Waals surface area contributed by atoms with Gasteiger partial charge in [-0.3, -0.25) is 0 Å². The van der Waals surface area contributed by atoms with Crippen LogP contribution in [0.4, 0.5) is 13.2 Å². The quantitative estimate of drug-likeness (QED) is 0.897. The van der Waals surface area contributed by atoms with Crippen LogP contribution in [0.2, 0.25) is 0 Å². The summed E-state index contributed by atoms with van der Waals surface area (Å²) < 4.78 is 45.8. The second kappa shape index (κ2) is 5.13. The van der Waals surface area contributed by atoms with Crippen LogP contribution in [0, 0.1) is 29.3 Å². The highest BCUT2D eigenvalue weighted by Gasteiger charge is 2.43. The lowest BCUT2D eigenvalue weighted by Gasteiger charge is -2.25. The molecule has 5 atom stereocenters. The van der Waals surface area contributed by atoms with Gasteiger partial charge in [-0.05, 0) is 19.8 Å². The Bertz CT molecular complexity index is 455. The number of benzene rings is 1. The van der Waals surface area contributed by atoms with Gasteiger partial charge in [0.15, 0.2) is 0 Å². The molecule has 1 aromatic carbocycles. The molecule has 0 spiro atoms. The zero-order valence-electron chi connectivity index (χ0n) is 11.0. The molecule has 1 N–H and O–H groups in total. The smallest absolute Gasteiger partial charge is 0.134 e. The number of halogens is 3. The van der Waals surface area contributed by atoms with E-state index < -0.39 is 35.0 Å². The van der Waals surface area contributed by atoms with E-state index >= 15 is 0 Å². The summed E-state index contributed by atoms with van der Waals surface area (Å²) in [5.74, 6) is -3.60. The zero-order chi connectivity index (χ0) is 14.3. The third-order valence-corrected chi connectivity index (χ3v) is 4.02. The summed E-state index contributed by atoms with van der Waals surface area (Å²) in [6.45, 7) is 5.47. The average molecular weight is 274 g/mol. The van der Waals surface area contributed by atoms with E-state index in [-0.39, 0.29) is 18.1 Å². The van der Waals surface area contributed by atoms with Gasteiger partial charge >= 0.3 is 0 Å². The molecule has 2 nitrogen and oxygen atoms in total. The van der Waals surface area contributed by atoms with Crippen molar-refractivity contribution in [3.05, 3.63) is 35.1 Å². The normalized spacial score (nSPS) is 32.6. The van der Waals surface area contributed by atoms with E-state index in [1.54, 1.807) is 6.92 Å². The third-order valence-electron chi connectivity index (χ3n) is 4.02. The van der Waals surface area contributed by atoms with Crippen LogP contribution in [0.5, 0.6) is 0 Å². The van der Waals surface area contributed by atoms with Crippen molar-refractivity contribution >= 4 is 0 Å². The van der Waals surface area contributed by atoms with Crippen LogP contribution >= 0.6 is 0 Å². The molecule has 0 aliphatic carbocycles. The first-order chi connectivity index (χ1) is 8.82.